The highest BCUT2D eigenvalue weighted by molar-refractivity contribution is 8.01. The first-order valence-corrected chi connectivity index (χ1v) is 11.0. The van der Waals surface area contributed by atoms with Crippen LogP contribution in [0.15, 0.2) is 52.0 Å². The Hall–Kier alpha value is -1.65. The summed E-state index contributed by atoms with van der Waals surface area (Å²) < 4.78 is 12.4. The second-order valence-corrected chi connectivity index (χ2v) is 8.53. The molecular weight excluding hydrogens is 402 g/mol. The van der Waals surface area contributed by atoms with Gasteiger partial charge in [0.15, 0.2) is 4.34 Å². The zero-order valence-corrected chi connectivity index (χ0v) is 17.2. The van der Waals surface area contributed by atoms with Crippen LogP contribution in [0.3, 0.4) is 0 Å². The molecule has 0 aliphatic carbocycles. The first-order valence-electron chi connectivity index (χ1n) is 8.18. The standard InChI is InChI=1S/C18H19N3O3S3/c1-23-8-9-24-12-26-18-21-14-6-5-13(10-15(14)27-18)20-16(22)11-25-17-4-2-3-7-19-17/h2-7,10H,8-9,11-12H2,1H3,(H,20,22). The van der Waals surface area contributed by atoms with Gasteiger partial charge in [0, 0.05) is 19.0 Å². The first-order chi connectivity index (χ1) is 13.2. The van der Waals surface area contributed by atoms with Crippen LogP contribution in [0.5, 0.6) is 0 Å². The van der Waals surface area contributed by atoms with Crippen molar-refractivity contribution in [1.29, 1.82) is 0 Å². The Labute approximate surface area is 170 Å². The third kappa shape index (κ3) is 6.47. The molecule has 0 fully saturated rings. The van der Waals surface area contributed by atoms with E-state index in [4.69, 9.17) is 9.47 Å². The maximum absolute atomic E-state index is 12.2. The van der Waals surface area contributed by atoms with E-state index >= 15 is 0 Å². The quantitative estimate of drug-likeness (QED) is 0.300. The lowest BCUT2D eigenvalue weighted by Gasteiger charge is -2.04. The van der Waals surface area contributed by atoms with Crippen LogP contribution in [0.25, 0.3) is 10.2 Å². The summed E-state index contributed by atoms with van der Waals surface area (Å²) in [5, 5.41) is 3.76. The molecule has 0 aliphatic rings. The molecule has 27 heavy (non-hydrogen) atoms. The predicted octanol–water partition coefficient (Wildman–Crippen LogP) is 4.13. The SMILES string of the molecule is COCCOCSc1nc2ccc(NC(=O)CSc3ccccn3)cc2s1. The summed E-state index contributed by atoms with van der Waals surface area (Å²) >= 11 is 4.55. The van der Waals surface area contributed by atoms with Crippen molar-refractivity contribution in [2.24, 2.45) is 0 Å². The molecule has 0 radical (unpaired) electrons. The Bertz CT molecular complexity index is 874. The molecule has 0 bridgehead atoms. The fourth-order valence-corrected chi connectivity index (χ4v) is 4.62. The van der Waals surface area contributed by atoms with Crippen molar-refractivity contribution in [3.05, 3.63) is 42.6 Å². The number of thioether (sulfide) groups is 2. The average Bonchev–Trinajstić information content (AvgIpc) is 3.09. The van der Waals surface area contributed by atoms with E-state index in [1.165, 1.54) is 11.8 Å². The van der Waals surface area contributed by atoms with Crippen molar-refractivity contribution in [2.75, 3.05) is 37.3 Å². The molecule has 1 aromatic carbocycles. The van der Waals surface area contributed by atoms with Crippen molar-refractivity contribution < 1.29 is 14.3 Å². The van der Waals surface area contributed by atoms with Gasteiger partial charge >= 0.3 is 0 Å². The Balaban J connectivity index is 1.52. The molecule has 0 saturated carbocycles. The highest BCUT2D eigenvalue weighted by atomic mass is 32.2. The monoisotopic (exact) mass is 421 g/mol. The van der Waals surface area contributed by atoms with Gasteiger partial charge in [0.1, 0.15) is 0 Å². The molecule has 3 rings (SSSR count). The number of carbonyl (C=O) groups excluding carboxylic acids is 1. The van der Waals surface area contributed by atoms with Crippen molar-refractivity contribution in [3.63, 3.8) is 0 Å². The predicted molar refractivity (Wildman–Crippen MR) is 112 cm³/mol. The van der Waals surface area contributed by atoms with Gasteiger partial charge in [0.05, 0.1) is 40.1 Å². The summed E-state index contributed by atoms with van der Waals surface area (Å²) in [7, 11) is 1.65. The highest BCUT2D eigenvalue weighted by Crippen LogP contribution is 2.31. The van der Waals surface area contributed by atoms with E-state index in [1.807, 2.05) is 36.4 Å². The zero-order valence-electron chi connectivity index (χ0n) is 14.7. The summed E-state index contributed by atoms with van der Waals surface area (Å²) in [6, 6.07) is 11.4. The van der Waals surface area contributed by atoms with Gasteiger partial charge in [-0.25, -0.2) is 9.97 Å². The Morgan fingerprint density at radius 1 is 1.22 bits per heavy atom. The fraction of sp³-hybridized carbons (Fsp3) is 0.278. The maximum atomic E-state index is 12.2. The lowest BCUT2D eigenvalue weighted by Crippen LogP contribution is -2.13. The summed E-state index contributed by atoms with van der Waals surface area (Å²) in [6.07, 6.45) is 1.72. The molecule has 9 heteroatoms. The largest absolute Gasteiger partial charge is 0.382 e. The molecule has 0 unspecified atom stereocenters. The second-order valence-electron chi connectivity index (χ2n) is 5.33. The maximum Gasteiger partial charge on any atom is 0.234 e. The number of benzene rings is 1. The van der Waals surface area contributed by atoms with Gasteiger partial charge in [-0.15, -0.1) is 11.3 Å². The van der Waals surface area contributed by atoms with E-state index in [0.717, 1.165) is 25.3 Å². The van der Waals surface area contributed by atoms with Crippen molar-refractivity contribution in [2.45, 2.75) is 9.37 Å². The number of ether oxygens (including phenoxy) is 2. The third-order valence-electron chi connectivity index (χ3n) is 3.34. The van der Waals surface area contributed by atoms with Gasteiger partial charge in [-0.05, 0) is 30.3 Å². The van der Waals surface area contributed by atoms with Gasteiger partial charge in [0.25, 0.3) is 0 Å². The van der Waals surface area contributed by atoms with Gasteiger partial charge < -0.3 is 14.8 Å². The fourth-order valence-electron chi connectivity index (χ4n) is 2.11. The van der Waals surface area contributed by atoms with Gasteiger partial charge in [-0.1, -0.05) is 29.6 Å². The van der Waals surface area contributed by atoms with Crippen LogP contribution >= 0.6 is 34.9 Å². The molecule has 3 aromatic rings. The number of rotatable bonds is 10. The molecule has 2 heterocycles. The number of pyridine rings is 1. The van der Waals surface area contributed by atoms with Crippen LogP contribution in [0, 0.1) is 0 Å². The molecule has 142 valence electrons. The normalized spacial score (nSPS) is 11.0. The van der Waals surface area contributed by atoms with E-state index in [1.54, 1.807) is 36.4 Å². The molecular formula is C18H19N3O3S3. The molecule has 0 spiro atoms. The number of nitrogens with zero attached hydrogens (tertiary/aromatic N) is 2. The van der Waals surface area contributed by atoms with Crippen LogP contribution < -0.4 is 5.32 Å². The number of fused-ring (bicyclic) bond motifs is 1. The van der Waals surface area contributed by atoms with Gasteiger partial charge in [0.2, 0.25) is 5.91 Å². The number of anilines is 1. The lowest BCUT2D eigenvalue weighted by atomic mass is 10.3. The second kappa shape index (κ2) is 10.6. The minimum atomic E-state index is -0.0596. The number of methoxy groups -OCH3 is 1. The number of amides is 1. The molecule has 1 amide bonds. The van der Waals surface area contributed by atoms with E-state index in [-0.39, 0.29) is 5.91 Å². The van der Waals surface area contributed by atoms with Crippen LogP contribution in [0.4, 0.5) is 5.69 Å². The van der Waals surface area contributed by atoms with Gasteiger partial charge in [-0.2, -0.15) is 0 Å². The highest BCUT2D eigenvalue weighted by Gasteiger charge is 2.08. The average molecular weight is 422 g/mol. The van der Waals surface area contributed by atoms with Crippen LogP contribution in [-0.4, -0.2) is 47.9 Å². The van der Waals surface area contributed by atoms with Crippen LogP contribution in [0.1, 0.15) is 0 Å². The molecule has 2 aromatic heterocycles. The van der Waals surface area contributed by atoms with Crippen molar-refractivity contribution in [1.82, 2.24) is 9.97 Å². The minimum absolute atomic E-state index is 0.0596. The third-order valence-corrected chi connectivity index (χ3v) is 6.32. The Kier molecular flexibility index (Phi) is 7.91. The minimum Gasteiger partial charge on any atom is -0.382 e. The number of carbonyl (C=O) groups is 1. The van der Waals surface area contributed by atoms with Crippen LogP contribution in [-0.2, 0) is 14.3 Å². The van der Waals surface area contributed by atoms with E-state index in [0.29, 0.717) is 24.9 Å². The molecule has 0 saturated heterocycles. The molecule has 0 aliphatic heterocycles. The summed E-state index contributed by atoms with van der Waals surface area (Å²) in [5.74, 6) is 0.797. The first kappa shape index (κ1) is 20.1. The van der Waals surface area contributed by atoms with E-state index in [2.05, 4.69) is 15.3 Å². The Morgan fingerprint density at radius 3 is 2.96 bits per heavy atom. The van der Waals surface area contributed by atoms with Crippen molar-refractivity contribution >= 4 is 56.7 Å². The van der Waals surface area contributed by atoms with E-state index < -0.39 is 0 Å². The summed E-state index contributed by atoms with van der Waals surface area (Å²) in [5.41, 5.74) is 1.69. The number of hydrogen-bond acceptors (Lipinski definition) is 8. The molecule has 6 nitrogen and oxygen atoms in total. The number of hydrogen-bond donors (Lipinski definition) is 1. The smallest absolute Gasteiger partial charge is 0.234 e. The van der Waals surface area contributed by atoms with Gasteiger partial charge in [-0.3, -0.25) is 4.79 Å². The van der Waals surface area contributed by atoms with Crippen molar-refractivity contribution in [3.8, 4) is 0 Å². The number of thiazole rings is 1. The Morgan fingerprint density at radius 2 is 2.15 bits per heavy atom. The summed E-state index contributed by atoms with van der Waals surface area (Å²) in [4.78, 5) is 20.9. The number of aromatic nitrogens is 2. The topological polar surface area (TPSA) is 73.3 Å². The summed E-state index contributed by atoms with van der Waals surface area (Å²) in [6.45, 7) is 1.16. The lowest BCUT2D eigenvalue weighted by molar-refractivity contribution is -0.113. The number of nitrogens with one attached hydrogen (secondary N) is 1. The zero-order chi connectivity index (χ0) is 18.9. The van der Waals surface area contributed by atoms with E-state index in [9.17, 15) is 4.79 Å². The molecule has 1 N–H and O–H groups in total. The van der Waals surface area contributed by atoms with Crippen LogP contribution in [0.2, 0.25) is 0 Å². The molecule has 0 atom stereocenters.